The Labute approximate surface area is 215 Å². The lowest BCUT2D eigenvalue weighted by molar-refractivity contribution is -0.115. The molecule has 0 radical (unpaired) electrons. The molecule has 0 atom stereocenters. The number of para-hydroxylation sites is 2. The van der Waals surface area contributed by atoms with Gasteiger partial charge in [-0.15, -0.1) is 11.3 Å². The topological polar surface area (TPSA) is 86.1 Å². The maximum absolute atomic E-state index is 13.3. The first-order chi connectivity index (χ1) is 17.6. The Morgan fingerprint density at radius 3 is 2.67 bits per heavy atom. The zero-order chi connectivity index (χ0) is 24.9. The second-order valence-corrected chi connectivity index (χ2v) is 9.72. The van der Waals surface area contributed by atoms with Gasteiger partial charge in [-0.1, -0.05) is 54.2 Å². The third kappa shape index (κ3) is 5.17. The van der Waals surface area contributed by atoms with Crippen LogP contribution in [0.15, 0.2) is 94.2 Å². The van der Waals surface area contributed by atoms with Crippen molar-refractivity contribution < 1.29 is 9.53 Å². The van der Waals surface area contributed by atoms with Crippen molar-refractivity contribution in [3.8, 4) is 22.7 Å². The van der Waals surface area contributed by atoms with Crippen LogP contribution in [0.4, 0.5) is 5.13 Å². The third-order valence-electron chi connectivity index (χ3n) is 5.44. The lowest BCUT2D eigenvalue weighted by atomic mass is 10.2. The second kappa shape index (κ2) is 10.8. The number of anilines is 1. The van der Waals surface area contributed by atoms with Gasteiger partial charge in [0.1, 0.15) is 5.75 Å². The van der Waals surface area contributed by atoms with Gasteiger partial charge in [0, 0.05) is 23.1 Å². The fraction of sp³-hybridized carbons (Fsp3) is 0.111. The SMILES string of the molecule is COc1cccc(-c2csc(NC(=O)CCSc3nc4ccccc4c(=O)n3-c3ccccc3)n2)c1. The van der Waals surface area contributed by atoms with Crippen LogP contribution in [0.1, 0.15) is 6.42 Å². The molecule has 0 aliphatic heterocycles. The molecule has 0 bridgehead atoms. The van der Waals surface area contributed by atoms with Gasteiger partial charge >= 0.3 is 0 Å². The van der Waals surface area contributed by atoms with Gasteiger partial charge < -0.3 is 10.1 Å². The minimum atomic E-state index is -0.150. The molecule has 0 aliphatic rings. The number of amides is 1. The summed E-state index contributed by atoms with van der Waals surface area (Å²) in [7, 11) is 1.62. The zero-order valence-electron chi connectivity index (χ0n) is 19.4. The highest BCUT2D eigenvalue weighted by atomic mass is 32.2. The van der Waals surface area contributed by atoms with E-state index in [1.165, 1.54) is 23.1 Å². The van der Waals surface area contributed by atoms with E-state index in [1.54, 1.807) is 17.7 Å². The van der Waals surface area contributed by atoms with Crippen LogP contribution in [0, 0.1) is 0 Å². The lowest BCUT2D eigenvalue weighted by Crippen LogP contribution is -2.22. The molecule has 0 unspecified atom stereocenters. The average Bonchev–Trinajstić information content (AvgIpc) is 3.38. The summed E-state index contributed by atoms with van der Waals surface area (Å²) in [4.78, 5) is 35.1. The Balaban J connectivity index is 1.29. The summed E-state index contributed by atoms with van der Waals surface area (Å²) >= 11 is 2.75. The van der Waals surface area contributed by atoms with E-state index < -0.39 is 0 Å². The van der Waals surface area contributed by atoms with E-state index in [1.807, 2.05) is 78.2 Å². The van der Waals surface area contributed by atoms with Gasteiger partial charge in [0.25, 0.3) is 5.56 Å². The minimum absolute atomic E-state index is 0.133. The van der Waals surface area contributed by atoms with Crippen LogP contribution in [0.5, 0.6) is 5.75 Å². The molecule has 3 aromatic carbocycles. The first-order valence-electron chi connectivity index (χ1n) is 11.2. The van der Waals surface area contributed by atoms with Gasteiger partial charge in [-0.3, -0.25) is 14.2 Å². The highest BCUT2D eigenvalue weighted by Gasteiger charge is 2.14. The second-order valence-electron chi connectivity index (χ2n) is 7.80. The molecule has 180 valence electrons. The van der Waals surface area contributed by atoms with Gasteiger partial charge in [0.15, 0.2) is 10.3 Å². The Kier molecular flexibility index (Phi) is 7.11. The number of ether oxygens (including phenoxy) is 1. The van der Waals surface area contributed by atoms with Gasteiger partial charge in [-0.2, -0.15) is 0 Å². The first-order valence-corrected chi connectivity index (χ1v) is 13.1. The number of rotatable bonds is 8. The van der Waals surface area contributed by atoms with Crippen LogP contribution in [-0.4, -0.2) is 33.3 Å². The van der Waals surface area contributed by atoms with Crippen molar-refractivity contribution in [2.45, 2.75) is 11.6 Å². The molecule has 0 saturated carbocycles. The number of fused-ring (bicyclic) bond motifs is 1. The maximum atomic E-state index is 13.3. The summed E-state index contributed by atoms with van der Waals surface area (Å²) in [6.45, 7) is 0. The predicted octanol–water partition coefficient (Wildman–Crippen LogP) is 5.64. The van der Waals surface area contributed by atoms with Gasteiger partial charge in [0.2, 0.25) is 5.91 Å². The standard InChI is InChI=1S/C27H22N4O3S2/c1-34-20-11-7-8-18(16-20)23-17-36-26(28-23)30-24(32)14-15-35-27-29-22-13-6-5-12-21(22)25(33)31(27)19-9-3-2-4-10-19/h2-13,16-17H,14-15H2,1H3,(H,28,30,32). The molecule has 0 spiro atoms. The number of hydrogen-bond donors (Lipinski definition) is 1. The van der Waals surface area contributed by atoms with Crippen molar-refractivity contribution >= 4 is 45.0 Å². The molecule has 0 fully saturated rings. The van der Waals surface area contributed by atoms with Crippen LogP contribution in [0.25, 0.3) is 27.8 Å². The fourth-order valence-electron chi connectivity index (χ4n) is 3.68. The number of hydrogen-bond acceptors (Lipinski definition) is 7. The van der Waals surface area contributed by atoms with E-state index in [2.05, 4.69) is 10.3 Å². The molecular weight excluding hydrogens is 492 g/mol. The summed E-state index contributed by atoms with van der Waals surface area (Å²) in [5.41, 5.74) is 2.93. The molecule has 1 N–H and O–H groups in total. The van der Waals surface area contributed by atoms with E-state index >= 15 is 0 Å². The van der Waals surface area contributed by atoms with Gasteiger partial charge in [0.05, 0.1) is 29.4 Å². The third-order valence-corrected chi connectivity index (χ3v) is 7.13. The molecule has 36 heavy (non-hydrogen) atoms. The van der Waals surface area contributed by atoms with E-state index in [-0.39, 0.29) is 17.9 Å². The number of benzene rings is 3. The Hall–Kier alpha value is -3.95. The summed E-state index contributed by atoms with van der Waals surface area (Å²) in [6.07, 6.45) is 0.246. The van der Waals surface area contributed by atoms with Crippen LogP contribution in [-0.2, 0) is 4.79 Å². The van der Waals surface area contributed by atoms with Crippen molar-refractivity contribution in [3.63, 3.8) is 0 Å². The number of thiazole rings is 1. The van der Waals surface area contributed by atoms with Gasteiger partial charge in [-0.05, 0) is 36.4 Å². The summed E-state index contributed by atoms with van der Waals surface area (Å²) in [5, 5.41) is 6.41. The molecule has 2 aromatic heterocycles. The number of thioether (sulfide) groups is 1. The highest BCUT2D eigenvalue weighted by molar-refractivity contribution is 7.99. The van der Waals surface area contributed by atoms with Crippen molar-refractivity contribution in [1.82, 2.24) is 14.5 Å². The number of aromatic nitrogens is 3. The van der Waals surface area contributed by atoms with Gasteiger partial charge in [-0.25, -0.2) is 9.97 Å². The van der Waals surface area contributed by atoms with E-state index in [0.717, 1.165) is 22.7 Å². The average molecular weight is 515 g/mol. The Morgan fingerprint density at radius 2 is 1.83 bits per heavy atom. The fourth-order valence-corrected chi connectivity index (χ4v) is 5.36. The number of carbonyl (C=O) groups excluding carboxylic acids is 1. The molecular formula is C27H22N4O3S2. The summed E-state index contributed by atoms with van der Waals surface area (Å²) in [6, 6.07) is 24.3. The first kappa shape index (κ1) is 23.8. The number of carbonyl (C=O) groups is 1. The lowest BCUT2D eigenvalue weighted by Gasteiger charge is -2.13. The van der Waals surface area contributed by atoms with Crippen molar-refractivity contribution in [2.24, 2.45) is 0 Å². The molecule has 7 nitrogen and oxygen atoms in total. The van der Waals surface area contributed by atoms with Crippen LogP contribution < -0.4 is 15.6 Å². The summed E-state index contributed by atoms with van der Waals surface area (Å²) in [5.74, 6) is 1.06. The van der Waals surface area contributed by atoms with Crippen molar-refractivity contribution in [2.75, 3.05) is 18.2 Å². The van der Waals surface area contributed by atoms with Crippen molar-refractivity contribution in [1.29, 1.82) is 0 Å². The number of nitrogens with zero attached hydrogens (tertiary/aromatic N) is 3. The number of methoxy groups -OCH3 is 1. The normalized spacial score (nSPS) is 10.9. The van der Waals surface area contributed by atoms with E-state index in [4.69, 9.17) is 9.72 Å². The molecule has 0 saturated heterocycles. The largest absolute Gasteiger partial charge is 0.497 e. The molecule has 2 heterocycles. The maximum Gasteiger partial charge on any atom is 0.266 e. The molecule has 0 aliphatic carbocycles. The zero-order valence-corrected chi connectivity index (χ0v) is 21.0. The molecule has 1 amide bonds. The minimum Gasteiger partial charge on any atom is -0.497 e. The van der Waals surface area contributed by atoms with Crippen molar-refractivity contribution in [3.05, 3.63) is 94.6 Å². The molecule has 9 heteroatoms. The summed E-state index contributed by atoms with van der Waals surface area (Å²) < 4.78 is 6.88. The van der Waals surface area contributed by atoms with Crippen LogP contribution in [0.3, 0.4) is 0 Å². The molecule has 5 rings (SSSR count). The smallest absolute Gasteiger partial charge is 0.266 e. The Bertz CT molecular complexity index is 1580. The molecule has 5 aromatic rings. The quantitative estimate of drug-likeness (QED) is 0.213. The Morgan fingerprint density at radius 1 is 1.03 bits per heavy atom. The highest BCUT2D eigenvalue weighted by Crippen LogP contribution is 2.28. The number of nitrogens with one attached hydrogen (secondary N) is 1. The predicted molar refractivity (Wildman–Crippen MR) is 145 cm³/mol. The van der Waals surface area contributed by atoms with Crippen LogP contribution in [0.2, 0.25) is 0 Å². The van der Waals surface area contributed by atoms with E-state index in [9.17, 15) is 9.59 Å². The monoisotopic (exact) mass is 514 g/mol. The van der Waals surface area contributed by atoms with E-state index in [0.29, 0.717) is 26.9 Å². The van der Waals surface area contributed by atoms with Crippen LogP contribution >= 0.6 is 23.1 Å².